The minimum Gasteiger partial charge on any atom is -0.384 e. The van der Waals surface area contributed by atoms with Crippen LogP contribution in [-0.4, -0.2) is 5.11 Å². The van der Waals surface area contributed by atoms with Gasteiger partial charge >= 0.3 is 0 Å². The molecule has 1 N–H and O–H groups in total. The number of terminal acetylenes is 2. The molecular formula is C14H14O. The third-order valence-electron chi connectivity index (χ3n) is 2.39. The number of hydrogen-bond donors (Lipinski definition) is 1. The molecule has 1 aromatic rings. The quantitative estimate of drug-likeness (QED) is 0.736. The maximum Gasteiger partial charge on any atom is 0.101 e. The van der Waals surface area contributed by atoms with Crippen molar-refractivity contribution in [3.63, 3.8) is 0 Å². The Bertz CT molecular complexity index is 380. The van der Waals surface area contributed by atoms with E-state index in [0.29, 0.717) is 19.3 Å². The molecule has 0 saturated heterocycles. The molecule has 0 aromatic heterocycles. The molecule has 0 heterocycles. The van der Waals surface area contributed by atoms with Crippen LogP contribution in [0.15, 0.2) is 30.3 Å². The molecule has 0 amide bonds. The molecule has 0 aliphatic carbocycles. The Labute approximate surface area is 91.1 Å². The normalized spacial score (nSPS) is 13.5. The van der Waals surface area contributed by atoms with Gasteiger partial charge in [-0.1, -0.05) is 30.3 Å². The molecule has 1 heteroatoms. The maximum atomic E-state index is 10.4. The first kappa shape index (κ1) is 11.4. The van der Waals surface area contributed by atoms with Gasteiger partial charge in [-0.05, 0) is 12.0 Å². The lowest BCUT2D eigenvalue weighted by atomic mass is 9.86. The third kappa shape index (κ3) is 2.88. The monoisotopic (exact) mass is 198 g/mol. The van der Waals surface area contributed by atoms with Crippen molar-refractivity contribution < 1.29 is 5.11 Å². The van der Waals surface area contributed by atoms with Crippen LogP contribution in [0, 0.1) is 24.7 Å². The first-order chi connectivity index (χ1) is 7.23. The van der Waals surface area contributed by atoms with Crippen LogP contribution in [0.3, 0.4) is 0 Å². The van der Waals surface area contributed by atoms with E-state index in [1.165, 1.54) is 0 Å². The lowest BCUT2D eigenvalue weighted by Crippen LogP contribution is -2.24. The molecule has 0 fully saturated rings. The van der Waals surface area contributed by atoms with Crippen molar-refractivity contribution in [3.8, 4) is 24.7 Å². The van der Waals surface area contributed by atoms with Crippen molar-refractivity contribution in [2.45, 2.75) is 24.9 Å². The maximum absolute atomic E-state index is 10.4. The smallest absolute Gasteiger partial charge is 0.101 e. The summed E-state index contributed by atoms with van der Waals surface area (Å²) in [6, 6.07) is 9.40. The van der Waals surface area contributed by atoms with E-state index >= 15 is 0 Å². The van der Waals surface area contributed by atoms with E-state index in [1.807, 2.05) is 30.3 Å². The Morgan fingerprint density at radius 3 is 2.33 bits per heavy atom. The van der Waals surface area contributed by atoms with Crippen LogP contribution >= 0.6 is 0 Å². The summed E-state index contributed by atoms with van der Waals surface area (Å²) < 4.78 is 0. The van der Waals surface area contributed by atoms with Crippen LogP contribution in [-0.2, 0) is 5.60 Å². The van der Waals surface area contributed by atoms with Crippen LogP contribution in [0.5, 0.6) is 0 Å². The van der Waals surface area contributed by atoms with Crippen LogP contribution in [0.4, 0.5) is 0 Å². The Balaban J connectivity index is 2.92. The van der Waals surface area contributed by atoms with Crippen molar-refractivity contribution in [1.29, 1.82) is 0 Å². The zero-order valence-corrected chi connectivity index (χ0v) is 8.61. The third-order valence-corrected chi connectivity index (χ3v) is 2.39. The molecule has 0 spiro atoms. The van der Waals surface area contributed by atoms with Gasteiger partial charge in [0.15, 0.2) is 0 Å². The Morgan fingerprint density at radius 2 is 1.80 bits per heavy atom. The minimum atomic E-state index is -0.984. The highest BCUT2D eigenvalue weighted by Crippen LogP contribution is 2.29. The molecule has 0 aliphatic rings. The van der Waals surface area contributed by atoms with E-state index in [1.54, 1.807) is 0 Å². The van der Waals surface area contributed by atoms with Crippen LogP contribution in [0.25, 0.3) is 0 Å². The van der Waals surface area contributed by atoms with E-state index in [0.717, 1.165) is 5.56 Å². The number of hydrogen-bond acceptors (Lipinski definition) is 1. The molecule has 0 aliphatic heterocycles. The summed E-state index contributed by atoms with van der Waals surface area (Å²) in [4.78, 5) is 0. The van der Waals surface area contributed by atoms with E-state index in [2.05, 4.69) is 11.8 Å². The second-order valence-electron chi connectivity index (χ2n) is 3.48. The molecule has 1 atom stereocenters. The van der Waals surface area contributed by atoms with E-state index in [-0.39, 0.29) is 0 Å². The predicted molar refractivity (Wildman–Crippen MR) is 61.9 cm³/mol. The van der Waals surface area contributed by atoms with Crippen LogP contribution in [0.2, 0.25) is 0 Å². The zero-order chi connectivity index (χ0) is 11.1. The number of rotatable bonds is 4. The Hall–Kier alpha value is -1.70. The largest absolute Gasteiger partial charge is 0.384 e. The highest BCUT2D eigenvalue weighted by molar-refractivity contribution is 5.24. The van der Waals surface area contributed by atoms with Crippen molar-refractivity contribution in [1.82, 2.24) is 0 Å². The van der Waals surface area contributed by atoms with Gasteiger partial charge in [-0.25, -0.2) is 0 Å². The summed E-state index contributed by atoms with van der Waals surface area (Å²) in [6.45, 7) is 0. The molecule has 1 aromatic carbocycles. The molecule has 15 heavy (non-hydrogen) atoms. The van der Waals surface area contributed by atoms with Crippen molar-refractivity contribution in [2.75, 3.05) is 0 Å². The Morgan fingerprint density at radius 1 is 1.13 bits per heavy atom. The Kier molecular flexibility index (Phi) is 3.98. The van der Waals surface area contributed by atoms with Gasteiger partial charge in [-0.2, -0.15) is 0 Å². The summed E-state index contributed by atoms with van der Waals surface area (Å²) in [7, 11) is 0. The summed E-state index contributed by atoms with van der Waals surface area (Å²) in [5, 5.41) is 10.4. The summed E-state index contributed by atoms with van der Waals surface area (Å²) in [5.74, 6) is 5.02. The number of aliphatic hydroxyl groups is 1. The fourth-order valence-corrected chi connectivity index (χ4v) is 1.53. The van der Waals surface area contributed by atoms with Gasteiger partial charge in [0.1, 0.15) is 5.60 Å². The molecule has 1 nitrogen and oxygen atoms in total. The molecule has 1 rings (SSSR count). The molecule has 0 radical (unpaired) electrons. The molecule has 76 valence electrons. The van der Waals surface area contributed by atoms with Crippen molar-refractivity contribution in [3.05, 3.63) is 35.9 Å². The average Bonchev–Trinajstić information content (AvgIpc) is 2.28. The second kappa shape index (κ2) is 5.25. The van der Waals surface area contributed by atoms with Gasteiger partial charge in [-0.3, -0.25) is 0 Å². The summed E-state index contributed by atoms with van der Waals surface area (Å²) >= 11 is 0. The van der Waals surface area contributed by atoms with E-state index < -0.39 is 5.60 Å². The van der Waals surface area contributed by atoms with Crippen LogP contribution in [0.1, 0.15) is 24.8 Å². The first-order valence-electron chi connectivity index (χ1n) is 4.88. The standard InChI is InChI=1S/C14H14O/c1-3-5-12-14(15,11-4-2)13-9-7-6-8-10-13/h1-2,6-10,15H,5,11-12H2. The van der Waals surface area contributed by atoms with Gasteiger partial charge in [0.05, 0.1) is 0 Å². The molecule has 1 unspecified atom stereocenters. The lowest BCUT2D eigenvalue weighted by molar-refractivity contribution is 0.0342. The highest BCUT2D eigenvalue weighted by Gasteiger charge is 2.27. The zero-order valence-electron chi connectivity index (χ0n) is 8.61. The number of benzene rings is 1. The fourth-order valence-electron chi connectivity index (χ4n) is 1.53. The predicted octanol–water partition coefficient (Wildman–Crippen LogP) is 2.31. The molecular weight excluding hydrogens is 184 g/mol. The van der Waals surface area contributed by atoms with Crippen molar-refractivity contribution >= 4 is 0 Å². The van der Waals surface area contributed by atoms with Crippen molar-refractivity contribution in [2.24, 2.45) is 0 Å². The first-order valence-corrected chi connectivity index (χ1v) is 4.88. The average molecular weight is 198 g/mol. The molecule has 0 bridgehead atoms. The van der Waals surface area contributed by atoms with Gasteiger partial charge in [0.2, 0.25) is 0 Å². The van der Waals surface area contributed by atoms with Gasteiger partial charge in [-0.15, -0.1) is 24.7 Å². The van der Waals surface area contributed by atoms with E-state index in [9.17, 15) is 5.11 Å². The minimum absolute atomic E-state index is 0.290. The van der Waals surface area contributed by atoms with Gasteiger partial charge < -0.3 is 5.11 Å². The fraction of sp³-hybridized carbons (Fsp3) is 0.286. The lowest BCUT2D eigenvalue weighted by Gasteiger charge is -2.25. The second-order valence-corrected chi connectivity index (χ2v) is 3.48. The topological polar surface area (TPSA) is 20.2 Å². The van der Waals surface area contributed by atoms with Gasteiger partial charge in [0.25, 0.3) is 0 Å². The molecule has 0 saturated carbocycles. The summed E-state index contributed by atoms with van der Waals surface area (Å²) in [5.41, 5.74) is -0.152. The summed E-state index contributed by atoms with van der Waals surface area (Å²) in [6.07, 6.45) is 11.8. The van der Waals surface area contributed by atoms with Crippen LogP contribution < -0.4 is 0 Å². The SMILES string of the molecule is C#CCCC(O)(CC#C)c1ccccc1. The van der Waals surface area contributed by atoms with E-state index in [4.69, 9.17) is 12.8 Å². The highest BCUT2D eigenvalue weighted by atomic mass is 16.3. The van der Waals surface area contributed by atoms with Gasteiger partial charge in [0, 0.05) is 12.8 Å².